The van der Waals surface area contributed by atoms with Crippen molar-refractivity contribution in [3.63, 3.8) is 0 Å². The average Bonchev–Trinajstić information content (AvgIpc) is 3.60. The lowest BCUT2D eigenvalue weighted by molar-refractivity contribution is -0.362. The molecule has 0 amide bonds. The molecule has 5 heterocycles. The van der Waals surface area contributed by atoms with E-state index in [9.17, 15) is 30.3 Å². The third-order valence-electron chi connectivity index (χ3n) is 12.2. The van der Waals surface area contributed by atoms with Crippen molar-refractivity contribution in [1.29, 1.82) is 0 Å². The van der Waals surface area contributed by atoms with Crippen LogP contribution in [0, 0.1) is 0 Å². The maximum Gasteiger partial charge on any atom is 0.340 e. The van der Waals surface area contributed by atoms with Crippen LogP contribution in [0.25, 0.3) is 11.1 Å². The summed E-state index contributed by atoms with van der Waals surface area (Å²) in [5.74, 6) is 0.0972. The first-order valence-electron chi connectivity index (χ1n) is 18.9. The molecule has 4 aromatic carbocycles. The summed E-state index contributed by atoms with van der Waals surface area (Å²) in [5, 5.41) is 64.6. The zero-order valence-corrected chi connectivity index (χ0v) is 31.7. The third-order valence-corrected chi connectivity index (χ3v) is 12.2. The molecule has 9 atom stereocenters. The molecule has 5 aliphatic heterocycles. The van der Waals surface area contributed by atoms with E-state index in [4.69, 9.17) is 28.4 Å². The number of aliphatic hydroxyl groups is 3. The van der Waals surface area contributed by atoms with E-state index >= 15 is 0 Å². The Hall–Kier alpha value is -5.13. The highest BCUT2D eigenvalue weighted by Gasteiger charge is 2.71. The van der Waals surface area contributed by atoms with Crippen LogP contribution in [-0.2, 0) is 28.9 Å². The van der Waals surface area contributed by atoms with Crippen LogP contribution in [0.5, 0.6) is 34.5 Å². The van der Waals surface area contributed by atoms with Crippen LogP contribution in [0.15, 0.2) is 60.7 Å². The number of piperidine rings is 1. The first-order chi connectivity index (χ1) is 27.4. The van der Waals surface area contributed by atoms with Crippen molar-refractivity contribution < 1.29 is 58.7 Å². The van der Waals surface area contributed by atoms with Gasteiger partial charge in [0, 0.05) is 36.7 Å². The minimum atomic E-state index is -2.50. The summed E-state index contributed by atoms with van der Waals surface area (Å²) in [4.78, 5) is 12.9. The molecule has 8 bridgehead atoms. The maximum atomic E-state index is 12.9. The monoisotopic (exact) mass is 783 g/mol. The van der Waals surface area contributed by atoms with Crippen LogP contribution in [0.1, 0.15) is 45.4 Å². The molecule has 4 aromatic rings. The van der Waals surface area contributed by atoms with Gasteiger partial charge in [0.2, 0.25) is 17.6 Å². The number of carbonyl (C=O) groups is 1. The normalized spacial score (nSPS) is 30.3. The summed E-state index contributed by atoms with van der Waals surface area (Å²) in [7, 11) is 6.52. The van der Waals surface area contributed by atoms with Crippen LogP contribution in [0.4, 0.5) is 0 Å². The van der Waals surface area contributed by atoms with E-state index in [0.29, 0.717) is 59.1 Å². The molecule has 300 valence electrons. The fourth-order valence-corrected chi connectivity index (χ4v) is 9.56. The number of aliphatic carboxylic acids is 1. The Morgan fingerprint density at radius 3 is 2.53 bits per heavy atom. The second-order valence-corrected chi connectivity index (χ2v) is 15.3. The van der Waals surface area contributed by atoms with E-state index in [1.54, 1.807) is 38.5 Å². The lowest BCUT2D eigenvalue weighted by Crippen LogP contribution is -2.87. The third kappa shape index (κ3) is 5.56. The van der Waals surface area contributed by atoms with Crippen molar-refractivity contribution in [2.45, 2.75) is 73.4 Å². The maximum absolute atomic E-state index is 12.9. The van der Waals surface area contributed by atoms with Gasteiger partial charge in [0.1, 0.15) is 35.6 Å². The molecule has 0 aromatic heterocycles. The van der Waals surface area contributed by atoms with E-state index in [1.165, 1.54) is 7.05 Å². The van der Waals surface area contributed by atoms with Gasteiger partial charge in [-0.1, -0.05) is 30.3 Å². The Bertz CT molecular complexity index is 2270. The predicted molar refractivity (Wildman–Crippen MR) is 203 cm³/mol. The highest BCUT2D eigenvalue weighted by molar-refractivity contribution is 5.81. The molecule has 2 fully saturated rings. The summed E-state index contributed by atoms with van der Waals surface area (Å²) < 4.78 is 38.2. The molecule has 6 aliphatic rings. The number of ether oxygens (including phenoxy) is 6. The average molecular weight is 784 g/mol. The smallest absolute Gasteiger partial charge is 0.340 e. The summed E-state index contributed by atoms with van der Waals surface area (Å²) in [6.07, 6.45) is -5.90. The minimum absolute atomic E-state index is 0.0156. The Kier molecular flexibility index (Phi) is 9.04. The number of carboxylic acid groups (broad SMARTS) is 1. The second kappa shape index (κ2) is 13.8. The number of methoxy groups -OCH3 is 2. The predicted octanol–water partition coefficient (Wildman–Crippen LogP) is 2.08. The van der Waals surface area contributed by atoms with Crippen molar-refractivity contribution in [3.8, 4) is 45.6 Å². The standard InChI is InChI=1S/C42H45N3O12/c1-43-17-22-13-29(52-3)34(53-4)36-31(22)33-27-12-20-7-5-6-19(10-20)11-21-8-9-23(46)14-25(21)26-15-24(16-28(55-27)32(26)35(33)56-36)54-38-37(47)42(51)39(48)41(57-38,40(49)50)30(44-2)18-45-42/h5-10,13-16,27,30,33,35,37-39,43-48,51H,11-12,17-18H2,1-4H3,(H,49,50). The highest BCUT2D eigenvalue weighted by atomic mass is 16.7. The molecule has 0 radical (unpaired) electrons. The molecule has 0 spiro atoms. The Balaban J connectivity index is 1.26. The number of fused-ring (bicyclic) bond motifs is 3. The number of carboxylic acids is 1. The van der Waals surface area contributed by atoms with Crippen LogP contribution >= 0.6 is 0 Å². The fourth-order valence-electron chi connectivity index (χ4n) is 9.56. The van der Waals surface area contributed by atoms with Gasteiger partial charge in [0.25, 0.3) is 0 Å². The fraction of sp³-hybridized carbons (Fsp3) is 0.405. The number of aliphatic hydroxyl groups excluding tert-OH is 2. The zero-order valence-electron chi connectivity index (χ0n) is 31.7. The highest BCUT2D eigenvalue weighted by Crippen LogP contribution is 2.62. The van der Waals surface area contributed by atoms with Crippen molar-refractivity contribution >= 4 is 5.97 Å². The summed E-state index contributed by atoms with van der Waals surface area (Å²) in [5.41, 5.74) is 1.83. The van der Waals surface area contributed by atoms with Crippen molar-refractivity contribution in [1.82, 2.24) is 16.0 Å². The van der Waals surface area contributed by atoms with Gasteiger partial charge < -0.3 is 64.6 Å². The Morgan fingerprint density at radius 2 is 1.79 bits per heavy atom. The van der Waals surface area contributed by atoms with Gasteiger partial charge in [-0.3, -0.25) is 5.32 Å². The van der Waals surface area contributed by atoms with Crippen molar-refractivity contribution in [2.75, 3.05) is 34.9 Å². The van der Waals surface area contributed by atoms with E-state index in [2.05, 4.69) is 34.1 Å². The van der Waals surface area contributed by atoms with E-state index in [0.717, 1.165) is 27.8 Å². The van der Waals surface area contributed by atoms with Crippen LogP contribution in [0.2, 0.25) is 0 Å². The van der Waals surface area contributed by atoms with E-state index in [1.807, 2.05) is 25.2 Å². The number of phenolic OH excluding ortho intramolecular Hbond substituents is 1. The Morgan fingerprint density at radius 1 is 0.982 bits per heavy atom. The molecule has 2 saturated heterocycles. The van der Waals surface area contributed by atoms with Crippen molar-refractivity contribution in [2.24, 2.45) is 0 Å². The molecule has 9 unspecified atom stereocenters. The number of nitrogens with one attached hydrogen (secondary N) is 3. The SMILES string of the molecule is CNCc1cc(OC)c(OC)c2c1C1C3Cc4cccc(c4)Cc4ccc(O)cc4-c4cc(OC5OC6(C(=O)O)C(NC)CNC(O)(C5O)C6O)cc(c4C1O2)O3. The summed E-state index contributed by atoms with van der Waals surface area (Å²) in [6, 6.07) is 17.7. The number of hydrogen-bond acceptors (Lipinski definition) is 14. The first kappa shape index (κ1) is 37.4. The number of hydrogen-bond donors (Lipinski definition) is 8. The van der Waals surface area contributed by atoms with Gasteiger partial charge in [-0.15, -0.1) is 0 Å². The molecular formula is C42H45N3O12. The number of benzene rings is 4. The number of rotatable bonds is 8. The van der Waals surface area contributed by atoms with E-state index in [-0.39, 0.29) is 24.0 Å². The number of aromatic hydroxyl groups is 1. The van der Waals surface area contributed by atoms with Crippen LogP contribution in [-0.4, -0.2) is 108 Å². The van der Waals surface area contributed by atoms with Gasteiger partial charge in [-0.25, -0.2) is 4.79 Å². The molecule has 1 aliphatic carbocycles. The van der Waals surface area contributed by atoms with Crippen LogP contribution < -0.4 is 39.6 Å². The molecular weight excluding hydrogens is 738 g/mol. The first-order valence-corrected chi connectivity index (χ1v) is 18.9. The topological polar surface area (TPSA) is 210 Å². The van der Waals surface area contributed by atoms with Gasteiger partial charge in [0.05, 0.1) is 26.2 Å². The molecule has 0 saturated carbocycles. The van der Waals surface area contributed by atoms with Gasteiger partial charge >= 0.3 is 5.97 Å². The minimum Gasteiger partial charge on any atom is -0.508 e. The number of phenols is 1. The summed E-state index contributed by atoms with van der Waals surface area (Å²) in [6.45, 7) is 0.366. The summed E-state index contributed by atoms with van der Waals surface area (Å²) >= 11 is 0. The Labute approximate surface area is 328 Å². The van der Waals surface area contributed by atoms with Crippen LogP contribution in [0.3, 0.4) is 0 Å². The van der Waals surface area contributed by atoms with E-state index < -0.39 is 54.0 Å². The largest absolute Gasteiger partial charge is 0.508 e. The lowest BCUT2D eigenvalue weighted by atomic mass is 9.74. The van der Waals surface area contributed by atoms with Gasteiger partial charge in [-0.2, -0.15) is 0 Å². The molecule has 15 heteroatoms. The lowest BCUT2D eigenvalue weighted by Gasteiger charge is -2.58. The molecule has 10 rings (SSSR count). The molecule has 8 N–H and O–H groups in total. The van der Waals surface area contributed by atoms with Crippen molar-refractivity contribution in [3.05, 3.63) is 94.0 Å². The van der Waals surface area contributed by atoms with Gasteiger partial charge in [-0.05, 0) is 78.2 Å². The zero-order chi connectivity index (χ0) is 40.0. The molecule has 57 heavy (non-hydrogen) atoms. The quantitative estimate of drug-likeness (QED) is 0.129. The number of likely N-dealkylation sites (N-methyl/N-ethyl adjacent to an activating group) is 1. The second-order valence-electron chi connectivity index (χ2n) is 15.3. The van der Waals surface area contributed by atoms with Gasteiger partial charge in [0.15, 0.2) is 23.3 Å². The molecule has 15 nitrogen and oxygen atoms in total.